The van der Waals surface area contributed by atoms with E-state index in [1.54, 1.807) is 0 Å². The van der Waals surface area contributed by atoms with Crippen molar-refractivity contribution in [1.82, 2.24) is 14.5 Å². The predicted octanol–water partition coefficient (Wildman–Crippen LogP) is 1.65. The van der Waals surface area contributed by atoms with Crippen molar-refractivity contribution in [2.24, 2.45) is 0 Å². The number of nitrogens with one attached hydrogen (secondary N) is 1. The molecule has 6 nitrogen and oxygen atoms in total. The molecule has 0 bridgehead atoms. The van der Waals surface area contributed by atoms with Crippen LogP contribution in [-0.4, -0.2) is 29.0 Å². The number of H-pyrrole nitrogens is 1. The highest BCUT2D eigenvalue weighted by atomic mass is 32.2. The number of rotatable bonds is 5. The van der Waals surface area contributed by atoms with Gasteiger partial charge < -0.3 is 5.73 Å². The van der Waals surface area contributed by atoms with E-state index < -0.39 is 10.0 Å². The average Bonchev–Trinajstić information content (AvgIpc) is 3.18. The minimum atomic E-state index is -3.62. The van der Waals surface area contributed by atoms with Gasteiger partial charge in [-0.2, -0.15) is 9.40 Å². The number of aromatic nitrogens is 2. The smallest absolute Gasteiger partial charge is 0.248 e. The molecule has 0 spiro atoms. The zero-order valence-electron chi connectivity index (χ0n) is 11.8. The van der Waals surface area contributed by atoms with Crippen LogP contribution in [0.3, 0.4) is 0 Å². The Morgan fingerprint density at radius 1 is 1.33 bits per heavy atom. The number of hydrogen-bond donors (Lipinski definition) is 2. The number of anilines is 1. The third-order valence-corrected chi connectivity index (χ3v) is 5.56. The normalized spacial score (nSPS) is 15.5. The van der Waals surface area contributed by atoms with Gasteiger partial charge in [0.1, 0.15) is 10.7 Å². The maximum Gasteiger partial charge on any atom is 0.248 e. The van der Waals surface area contributed by atoms with E-state index >= 15 is 0 Å². The van der Waals surface area contributed by atoms with E-state index in [0.29, 0.717) is 6.54 Å². The highest BCUT2D eigenvalue weighted by Gasteiger charge is 2.39. The number of nitrogen functional groups attached to an aromatic ring is 1. The lowest BCUT2D eigenvalue weighted by molar-refractivity contribution is 0.399. The lowest BCUT2D eigenvalue weighted by Crippen LogP contribution is -2.32. The second kappa shape index (κ2) is 5.16. The molecule has 1 aromatic heterocycles. The molecule has 0 saturated heterocycles. The predicted molar refractivity (Wildman–Crippen MR) is 79.9 cm³/mol. The standard InChI is InChI=1S/C14H18N4O2S/c1-10-2-4-11(5-3-10)9-18(12-6-7-12)21(19,20)13-8-16-17-14(13)15/h2-5,8,12H,6-7,9H2,1H3,(H3,15,16,17). The highest BCUT2D eigenvalue weighted by molar-refractivity contribution is 7.89. The van der Waals surface area contributed by atoms with Crippen molar-refractivity contribution in [3.05, 3.63) is 41.6 Å². The van der Waals surface area contributed by atoms with E-state index in [1.165, 1.54) is 10.5 Å². The zero-order chi connectivity index (χ0) is 15.0. The van der Waals surface area contributed by atoms with Gasteiger partial charge in [0.2, 0.25) is 10.0 Å². The lowest BCUT2D eigenvalue weighted by Gasteiger charge is -2.21. The summed E-state index contributed by atoms with van der Waals surface area (Å²) in [5.41, 5.74) is 7.80. The maximum absolute atomic E-state index is 12.8. The fraction of sp³-hybridized carbons (Fsp3) is 0.357. The lowest BCUT2D eigenvalue weighted by atomic mass is 10.1. The van der Waals surface area contributed by atoms with Crippen LogP contribution in [0.2, 0.25) is 0 Å². The monoisotopic (exact) mass is 306 g/mol. The molecule has 0 amide bonds. The number of hydrogen-bond acceptors (Lipinski definition) is 4. The Hall–Kier alpha value is -1.86. The van der Waals surface area contributed by atoms with E-state index in [-0.39, 0.29) is 16.8 Å². The van der Waals surface area contributed by atoms with Gasteiger partial charge >= 0.3 is 0 Å². The van der Waals surface area contributed by atoms with Gasteiger partial charge in [-0.3, -0.25) is 5.10 Å². The molecule has 1 heterocycles. The Morgan fingerprint density at radius 3 is 2.52 bits per heavy atom. The van der Waals surface area contributed by atoms with Crippen LogP contribution in [-0.2, 0) is 16.6 Å². The summed E-state index contributed by atoms with van der Waals surface area (Å²) in [5, 5.41) is 6.20. The first-order valence-corrected chi connectivity index (χ1v) is 8.29. The van der Waals surface area contributed by atoms with E-state index in [4.69, 9.17) is 5.73 Å². The summed E-state index contributed by atoms with van der Waals surface area (Å²) in [6.07, 6.45) is 3.06. The number of aromatic amines is 1. The fourth-order valence-electron chi connectivity index (χ4n) is 2.26. The summed E-state index contributed by atoms with van der Waals surface area (Å²) in [5.74, 6) is 0.0876. The second-order valence-electron chi connectivity index (χ2n) is 5.41. The first-order chi connectivity index (χ1) is 9.98. The van der Waals surface area contributed by atoms with Crippen molar-refractivity contribution < 1.29 is 8.42 Å². The van der Waals surface area contributed by atoms with E-state index in [0.717, 1.165) is 24.0 Å². The SMILES string of the molecule is Cc1ccc(CN(C2CC2)S(=O)(=O)c2cn[nH]c2N)cc1. The summed E-state index contributed by atoms with van der Waals surface area (Å²) in [6.45, 7) is 2.36. The van der Waals surface area contributed by atoms with Gasteiger partial charge in [-0.15, -0.1) is 0 Å². The van der Waals surface area contributed by atoms with Crippen LogP contribution in [0.1, 0.15) is 24.0 Å². The fourth-order valence-corrected chi connectivity index (χ4v) is 3.95. The molecule has 21 heavy (non-hydrogen) atoms. The van der Waals surface area contributed by atoms with Gasteiger partial charge in [0.25, 0.3) is 0 Å². The van der Waals surface area contributed by atoms with Crippen molar-refractivity contribution in [2.75, 3.05) is 5.73 Å². The van der Waals surface area contributed by atoms with Gasteiger partial charge in [-0.05, 0) is 25.3 Å². The molecule has 2 aromatic rings. The molecule has 0 radical (unpaired) electrons. The minimum Gasteiger partial charge on any atom is -0.383 e. The van der Waals surface area contributed by atoms with Crippen molar-refractivity contribution in [3.8, 4) is 0 Å². The van der Waals surface area contributed by atoms with Crippen LogP contribution in [0.15, 0.2) is 35.4 Å². The first kappa shape index (κ1) is 14.1. The topological polar surface area (TPSA) is 92.1 Å². The van der Waals surface area contributed by atoms with Crippen LogP contribution in [0, 0.1) is 6.92 Å². The molecule has 0 unspecified atom stereocenters. The molecule has 112 valence electrons. The van der Waals surface area contributed by atoms with Gasteiger partial charge in [-0.25, -0.2) is 8.42 Å². The van der Waals surface area contributed by atoms with Crippen molar-refractivity contribution in [2.45, 2.75) is 37.2 Å². The van der Waals surface area contributed by atoms with Crippen molar-refractivity contribution in [1.29, 1.82) is 0 Å². The number of sulfonamides is 1. The molecule has 1 fully saturated rings. The van der Waals surface area contributed by atoms with Gasteiger partial charge in [0.05, 0.1) is 6.20 Å². The van der Waals surface area contributed by atoms with E-state index in [2.05, 4.69) is 10.2 Å². The van der Waals surface area contributed by atoms with Crippen LogP contribution in [0.5, 0.6) is 0 Å². The van der Waals surface area contributed by atoms with Crippen molar-refractivity contribution >= 4 is 15.8 Å². The molecular formula is C14H18N4O2S. The molecule has 7 heteroatoms. The Bertz CT molecular complexity index is 733. The summed E-state index contributed by atoms with van der Waals surface area (Å²) < 4.78 is 27.0. The third kappa shape index (κ3) is 2.79. The van der Waals surface area contributed by atoms with Crippen LogP contribution >= 0.6 is 0 Å². The van der Waals surface area contributed by atoms with Gasteiger partial charge in [0, 0.05) is 12.6 Å². The Labute approximate surface area is 124 Å². The minimum absolute atomic E-state index is 0.0570. The van der Waals surface area contributed by atoms with Crippen LogP contribution in [0.25, 0.3) is 0 Å². The molecule has 0 aliphatic heterocycles. The summed E-state index contributed by atoms with van der Waals surface area (Å²) in [7, 11) is -3.62. The third-order valence-electron chi connectivity index (χ3n) is 3.63. The van der Waals surface area contributed by atoms with Crippen LogP contribution < -0.4 is 5.73 Å². The van der Waals surface area contributed by atoms with Crippen molar-refractivity contribution in [3.63, 3.8) is 0 Å². The zero-order valence-corrected chi connectivity index (χ0v) is 12.6. The first-order valence-electron chi connectivity index (χ1n) is 6.85. The summed E-state index contributed by atoms with van der Waals surface area (Å²) in [4.78, 5) is 0.0570. The van der Waals surface area contributed by atoms with Crippen LogP contribution in [0.4, 0.5) is 5.82 Å². The number of aryl methyl sites for hydroxylation is 1. The number of benzene rings is 1. The molecule has 1 aliphatic rings. The molecule has 3 rings (SSSR count). The van der Waals surface area contributed by atoms with Gasteiger partial charge in [0.15, 0.2) is 0 Å². The average molecular weight is 306 g/mol. The Balaban J connectivity index is 1.91. The largest absolute Gasteiger partial charge is 0.383 e. The molecule has 1 aromatic carbocycles. The highest BCUT2D eigenvalue weighted by Crippen LogP contribution is 2.34. The molecule has 0 atom stereocenters. The summed E-state index contributed by atoms with van der Waals surface area (Å²) >= 11 is 0. The molecule has 1 aliphatic carbocycles. The second-order valence-corrected chi connectivity index (χ2v) is 7.27. The molecular weight excluding hydrogens is 288 g/mol. The summed E-state index contributed by atoms with van der Waals surface area (Å²) in [6, 6.07) is 7.95. The molecule has 3 N–H and O–H groups in total. The Kier molecular flexibility index (Phi) is 3.46. The Morgan fingerprint density at radius 2 is 2.00 bits per heavy atom. The van der Waals surface area contributed by atoms with E-state index in [9.17, 15) is 8.42 Å². The quantitative estimate of drug-likeness (QED) is 0.878. The van der Waals surface area contributed by atoms with Gasteiger partial charge in [-0.1, -0.05) is 29.8 Å². The maximum atomic E-state index is 12.8. The molecule has 1 saturated carbocycles. The number of nitrogens with zero attached hydrogens (tertiary/aromatic N) is 2. The van der Waals surface area contributed by atoms with E-state index in [1.807, 2.05) is 31.2 Å². The number of nitrogens with two attached hydrogens (primary N) is 1.